The zero-order valence-electron chi connectivity index (χ0n) is 13.6. The summed E-state index contributed by atoms with van der Waals surface area (Å²) in [5, 5.41) is 3.46. The Morgan fingerprint density at radius 1 is 1.23 bits per heavy atom. The van der Waals surface area contributed by atoms with Crippen molar-refractivity contribution in [1.82, 2.24) is 14.9 Å². The first-order chi connectivity index (χ1) is 10.6. The summed E-state index contributed by atoms with van der Waals surface area (Å²) in [5.41, 5.74) is 1.86. The topological polar surface area (TPSA) is 54.2 Å². The van der Waals surface area contributed by atoms with Crippen molar-refractivity contribution in [2.75, 3.05) is 25.0 Å². The molecule has 0 amide bonds. The van der Waals surface area contributed by atoms with Crippen LogP contribution < -0.4 is 5.32 Å². The van der Waals surface area contributed by atoms with E-state index in [9.17, 15) is 0 Å². The largest absolute Gasteiger partial charge is 0.465 e. The minimum Gasteiger partial charge on any atom is -0.465 e. The van der Waals surface area contributed by atoms with Gasteiger partial charge >= 0.3 is 0 Å². The Kier molecular flexibility index (Phi) is 4.43. The number of rotatable bonds is 5. The molecule has 0 aliphatic carbocycles. The van der Waals surface area contributed by atoms with Crippen molar-refractivity contribution in [3.8, 4) is 0 Å². The number of hydrogen-bond acceptors (Lipinski definition) is 5. The third kappa shape index (κ3) is 3.30. The summed E-state index contributed by atoms with van der Waals surface area (Å²) in [6, 6.07) is 4.38. The maximum absolute atomic E-state index is 5.88. The van der Waals surface area contributed by atoms with Crippen LogP contribution in [0.2, 0.25) is 0 Å². The van der Waals surface area contributed by atoms with Crippen LogP contribution in [0.5, 0.6) is 0 Å². The van der Waals surface area contributed by atoms with Gasteiger partial charge in [0.05, 0.1) is 17.4 Å². The van der Waals surface area contributed by atoms with E-state index in [0.717, 1.165) is 48.4 Å². The highest BCUT2D eigenvalue weighted by Gasteiger charge is 2.26. The average Bonchev–Trinajstić information content (AvgIpc) is 3.15. The van der Waals surface area contributed by atoms with Gasteiger partial charge in [0.2, 0.25) is 0 Å². The minimum atomic E-state index is 0.248. The molecular weight excluding hydrogens is 276 g/mol. The second-order valence-corrected chi connectivity index (χ2v) is 6.03. The van der Waals surface area contributed by atoms with Gasteiger partial charge in [-0.05, 0) is 58.8 Å². The Hall–Kier alpha value is -1.88. The Morgan fingerprint density at radius 2 is 2.00 bits per heavy atom. The second-order valence-electron chi connectivity index (χ2n) is 6.03. The van der Waals surface area contributed by atoms with Crippen LogP contribution in [0.1, 0.15) is 41.8 Å². The van der Waals surface area contributed by atoms with Crippen molar-refractivity contribution >= 4 is 5.82 Å². The molecule has 2 aromatic rings. The molecular formula is C17H24N4O. The fourth-order valence-corrected chi connectivity index (χ4v) is 2.99. The molecule has 0 aromatic carbocycles. The summed E-state index contributed by atoms with van der Waals surface area (Å²) in [6.45, 7) is 8.98. The lowest BCUT2D eigenvalue weighted by atomic mass is 10.2. The van der Waals surface area contributed by atoms with Gasteiger partial charge in [0, 0.05) is 12.7 Å². The molecule has 0 bridgehead atoms. The Balaban J connectivity index is 1.76. The number of hydrogen-bond donors (Lipinski definition) is 1. The quantitative estimate of drug-likeness (QED) is 0.918. The molecule has 1 aliphatic heterocycles. The van der Waals surface area contributed by atoms with E-state index in [2.05, 4.69) is 26.3 Å². The molecule has 118 valence electrons. The molecule has 1 aliphatic rings. The molecule has 1 atom stereocenters. The van der Waals surface area contributed by atoms with Gasteiger partial charge in [0.15, 0.2) is 0 Å². The van der Waals surface area contributed by atoms with Crippen LogP contribution in [0.15, 0.2) is 22.7 Å². The van der Waals surface area contributed by atoms with Gasteiger partial charge in [-0.1, -0.05) is 0 Å². The maximum Gasteiger partial charge on any atom is 0.147 e. The van der Waals surface area contributed by atoms with E-state index in [1.807, 2.05) is 26.8 Å². The zero-order valence-corrected chi connectivity index (χ0v) is 13.6. The molecule has 1 unspecified atom stereocenters. The molecule has 0 saturated carbocycles. The molecule has 5 nitrogen and oxygen atoms in total. The van der Waals surface area contributed by atoms with Gasteiger partial charge < -0.3 is 9.73 Å². The van der Waals surface area contributed by atoms with Crippen LogP contribution in [0.4, 0.5) is 5.82 Å². The minimum absolute atomic E-state index is 0.248. The van der Waals surface area contributed by atoms with Crippen molar-refractivity contribution in [1.29, 1.82) is 0 Å². The monoisotopic (exact) mass is 300 g/mol. The number of aryl methyl sites for hydroxylation is 3. The van der Waals surface area contributed by atoms with Crippen LogP contribution >= 0.6 is 0 Å². The highest BCUT2D eigenvalue weighted by molar-refractivity contribution is 5.40. The normalized spacial score (nSPS) is 16.9. The molecule has 2 aromatic heterocycles. The molecule has 1 saturated heterocycles. The first kappa shape index (κ1) is 15.0. The first-order valence-electron chi connectivity index (χ1n) is 7.98. The van der Waals surface area contributed by atoms with Crippen molar-refractivity contribution < 1.29 is 4.42 Å². The van der Waals surface area contributed by atoms with E-state index in [-0.39, 0.29) is 6.04 Å². The van der Waals surface area contributed by atoms with Crippen LogP contribution in [0.3, 0.4) is 0 Å². The van der Waals surface area contributed by atoms with Gasteiger partial charge in [-0.3, -0.25) is 9.88 Å². The molecule has 3 rings (SSSR count). The van der Waals surface area contributed by atoms with Crippen LogP contribution in [-0.4, -0.2) is 34.5 Å². The Bertz CT molecular complexity index is 631. The lowest BCUT2D eigenvalue weighted by Gasteiger charge is -2.26. The third-order valence-corrected chi connectivity index (χ3v) is 4.21. The highest BCUT2D eigenvalue weighted by Crippen LogP contribution is 2.27. The fourth-order valence-electron chi connectivity index (χ4n) is 2.99. The Morgan fingerprint density at radius 3 is 2.68 bits per heavy atom. The summed E-state index contributed by atoms with van der Waals surface area (Å²) in [7, 11) is 0. The number of nitrogens with one attached hydrogen (secondary N) is 1. The van der Waals surface area contributed by atoms with Gasteiger partial charge in [0.25, 0.3) is 0 Å². The maximum atomic E-state index is 5.88. The van der Waals surface area contributed by atoms with E-state index in [1.165, 1.54) is 12.8 Å². The third-order valence-electron chi connectivity index (χ3n) is 4.21. The zero-order chi connectivity index (χ0) is 15.5. The van der Waals surface area contributed by atoms with Crippen LogP contribution in [0, 0.1) is 20.8 Å². The number of likely N-dealkylation sites (tertiary alicyclic amines) is 1. The summed E-state index contributed by atoms with van der Waals surface area (Å²) in [4.78, 5) is 11.4. The molecule has 1 fully saturated rings. The van der Waals surface area contributed by atoms with E-state index >= 15 is 0 Å². The molecule has 0 spiro atoms. The highest BCUT2D eigenvalue weighted by atomic mass is 16.3. The van der Waals surface area contributed by atoms with Crippen molar-refractivity contribution in [3.63, 3.8) is 0 Å². The number of furan rings is 1. The van der Waals surface area contributed by atoms with Crippen molar-refractivity contribution in [3.05, 3.63) is 41.2 Å². The Labute approximate surface area is 131 Å². The predicted molar refractivity (Wildman–Crippen MR) is 87.0 cm³/mol. The number of nitrogens with zero attached hydrogens (tertiary/aromatic N) is 3. The molecule has 1 N–H and O–H groups in total. The number of anilines is 1. The van der Waals surface area contributed by atoms with E-state index in [0.29, 0.717) is 0 Å². The van der Waals surface area contributed by atoms with Crippen molar-refractivity contribution in [2.24, 2.45) is 0 Å². The molecule has 0 radical (unpaired) electrons. The lowest BCUT2D eigenvalue weighted by Crippen LogP contribution is -2.31. The standard InChI is InChI=1S/C17H24N4O/c1-12-10-18-14(3)17(20-12)19-11-15(21-8-4-5-9-21)16-7-6-13(2)22-16/h6-7,10,15H,4-5,8-9,11H2,1-3H3,(H,19,20). The van der Waals surface area contributed by atoms with Crippen LogP contribution in [0.25, 0.3) is 0 Å². The van der Waals surface area contributed by atoms with Crippen LogP contribution in [-0.2, 0) is 0 Å². The fraction of sp³-hybridized carbons (Fsp3) is 0.529. The first-order valence-corrected chi connectivity index (χ1v) is 7.98. The van der Waals surface area contributed by atoms with E-state index in [4.69, 9.17) is 4.42 Å². The van der Waals surface area contributed by atoms with Gasteiger partial charge in [-0.25, -0.2) is 4.98 Å². The van der Waals surface area contributed by atoms with E-state index < -0.39 is 0 Å². The summed E-state index contributed by atoms with van der Waals surface area (Å²) < 4.78 is 5.88. The SMILES string of the molecule is Cc1cnc(C)c(NCC(c2ccc(C)o2)N2CCCC2)n1. The average molecular weight is 300 g/mol. The summed E-state index contributed by atoms with van der Waals surface area (Å²) >= 11 is 0. The number of aromatic nitrogens is 2. The lowest BCUT2D eigenvalue weighted by molar-refractivity contribution is 0.223. The van der Waals surface area contributed by atoms with Gasteiger partial charge in [-0.15, -0.1) is 0 Å². The van der Waals surface area contributed by atoms with Gasteiger partial charge in [0.1, 0.15) is 17.3 Å². The van der Waals surface area contributed by atoms with E-state index in [1.54, 1.807) is 6.20 Å². The summed E-state index contributed by atoms with van der Waals surface area (Å²) in [6.07, 6.45) is 4.33. The smallest absolute Gasteiger partial charge is 0.147 e. The molecule has 5 heteroatoms. The summed E-state index contributed by atoms with van der Waals surface area (Å²) in [5.74, 6) is 2.86. The second kappa shape index (κ2) is 6.48. The predicted octanol–water partition coefficient (Wildman–Crippen LogP) is 3.24. The molecule has 3 heterocycles. The van der Waals surface area contributed by atoms with Crippen molar-refractivity contribution in [2.45, 2.75) is 39.7 Å². The molecule has 22 heavy (non-hydrogen) atoms. The van der Waals surface area contributed by atoms with Gasteiger partial charge in [-0.2, -0.15) is 0 Å².